The molecule has 0 bridgehead atoms. The molecule has 7 nitrogen and oxygen atoms in total. The molecular formula is C23H30N6O. The van der Waals surface area contributed by atoms with Gasteiger partial charge in [0, 0.05) is 36.9 Å². The second kappa shape index (κ2) is 9.26. The molecular weight excluding hydrogens is 376 g/mol. The van der Waals surface area contributed by atoms with Gasteiger partial charge in [-0.05, 0) is 76.1 Å². The molecule has 30 heavy (non-hydrogen) atoms. The number of hydrogen-bond donors (Lipinski definition) is 1. The first-order valence-electron chi connectivity index (χ1n) is 10.8. The average Bonchev–Trinajstić information content (AvgIpc) is 3.38. The third-order valence-electron chi connectivity index (χ3n) is 5.70. The summed E-state index contributed by atoms with van der Waals surface area (Å²) >= 11 is 0. The van der Waals surface area contributed by atoms with E-state index in [9.17, 15) is 4.79 Å². The van der Waals surface area contributed by atoms with E-state index in [2.05, 4.69) is 26.5 Å². The van der Waals surface area contributed by atoms with E-state index in [0.29, 0.717) is 0 Å². The number of nitrogens with one attached hydrogen (secondary N) is 1. The highest BCUT2D eigenvalue weighted by atomic mass is 16.2. The van der Waals surface area contributed by atoms with E-state index in [1.165, 1.54) is 0 Å². The summed E-state index contributed by atoms with van der Waals surface area (Å²) in [6, 6.07) is 11.8. The minimum absolute atomic E-state index is 0.0629. The quantitative estimate of drug-likeness (QED) is 0.651. The van der Waals surface area contributed by atoms with E-state index in [0.717, 1.165) is 68.1 Å². The maximum Gasteiger partial charge on any atom is 0.241 e. The zero-order valence-electron chi connectivity index (χ0n) is 17.8. The van der Waals surface area contributed by atoms with Gasteiger partial charge in [-0.15, -0.1) is 0 Å². The number of piperidine rings is 1. The lowest BCUT2D eigenvalue weighted by molar-refractivity contribution is -0.122. The van der Waals surface area contributed by atoms with Crippen LogP contribution < -0.4 is 5.32 Å². The number of anilines is 1. The fourth-order valence-electron chi connectivity index (χ4n) is 4.23. The summed E-state index contributed by atoms with van der Waals surface area (Å²) < 4.78 is 3.87. The van der Waals surface area contributed by atoms with Crippen LogP contribution in [0.1, 0.15) is 37.1 Å². The van der Waals surface area contributed by atoms with Crippen molar-refractivity contribution in [3.63, 3.8) is 0 Å². The Morgan fingerprint density at radius 1 is 1.17 bits per heavy atom. The SMILES string of the molecule is Cc1cc(C)n(-c2ccc(NC(=O)C3CCCCN3CCCn3cccn3)cc2)n1. The lowest BCUT2D eigenvalue weighted by Gasteiger charge is -2.34. The first-order chi connectivity index (χ1) is 14.6. The smallest absolute Gasteiger partial charge is 0.241 e. The Hall–Kier alpha value is -2.93. The maximum atomic E-state index is 13.0. The Balaban J connectivity index is 1.35. The first kappa shape index (κ1) is 20.3. The van der Waals surface area contributed by atoms with Crippen LogP contribution in [0, 0.1) is 13.8 Å². The van der Waals surface area contributed by atoms with E-state index in [-0.39, 0.29) is 11.9 Å². The van der Waals surface area contributed by atoms with E-state index in [1.54, 1.807) is 6.20 Å². The molecule has 2 aromatic heterocycles. The van der Waals surface area contributed by atoms with Gasteiger partial charge in [0.15, 0.2) is 0 Å². The largest absolute Gasteiger partial charge is 0.325 e. The number of carbonyl (C=O) groups excluding carboxylic acids is 1. The van der Waals surface area contributed by atoms with E-state index in [1.807, 2.05) is 59.7 Å². The van der Waals surface area contributed by atoms with Crippen LogP contribution in [0.3, 0.4) is 0 Å². The van der Waals surface area contributed by atoms with Crippen LogP contribution in [0.25, 0.3) is 5.69 Å². The van der Waals surface area contributed by atoms with Crippen LogP contribution in [0.15, 0.2) is 48.8 Å². The van der Waals surface area contributed by atoms with Crippen LogP contribution in [0.4, 0.5) is 5.69 Å². The summed E-state index contributed by atoms with van der Waals surface area (Å²) in [6.45, 7) is 6.80. The minimum Gasteiger partial charge on any atom is -0.325 e. The van der Waals surface area contributed by atoms with Crippen molar-refractivity contribution in [1.29, 1.82) is 0 Å². The summed E-state index contributed by atoms with van der Waals surface area (Å²) in [5.41, 5.74) is 3.91. The molecule has 3 aromatic rings. The molecule has 1 amide bonds. The summed E-state index contributed by atoms with van der Waals surface area (Å²) in [7, 11) is 0. The van der Waals surface area contributed by atoms with Crippen molar-refractivity contribution in [2.75, 3.05) is 18.4 Å². The third kappa shape index (κ3) is 4.79. The summed E-state index contributed by atoms with van der Waals surface area (Å²) in [6.07, 6.45) is 7.95. The van der Waals surface area contributed by atoms with Crippen LogP contribution >= 0.6 is 0 Å². The van der Waals surface area contributed by atoms with Gasteiger partial charge in [-0.25, -0.2) is 4.68 Å². The molecule has 7 heteroatoms. The van der Waals surface area contributed by atoms with Crippen molar-refractivity contribution in [3.05, 3.63) is 60.2 Å². The van der Waals surface area contributed by atoms with Gasteiger partial charge in [0.05, 0.1) is 17.4 Å². The van der Waals surface area contributed by atoms with Gasteiger partial charge in [-0.1, -0.05) is 6.42 Å². The Morgan fingerprint density at radius 3 is 2.70 bits per heavy atom. The molecule has 1 saturated heterocycles. The number of aryl methyl sites for hydroxylation is 3. The number of aromatic nitrogens is 4. The number of rotatable bonds is 7. The highest BCUT2D eigenvalue weighted by Crippen LogP contribution is 2.20. The average molecular weight is 407 g/mol. The standard InChI is InChI=1S/C23H30N6O/c1-18-17-19(2)29(26-18)21-10-8-20(9-11-21)25-23(30)22-7-3-4-13-27(22)14-6-16-28-15-5-12-24-28/h5,8-12,15,17,22H,3-4,6-7,13-14,16H2,1-2H3,(H,25,30). The molecule has 1 unspecified atom stereocenters. The fraction of sp³-hybridized carbons (Fsp3) is 0.435. The molecule has 4 rings (SSSR count). The molecule has 158 valence electrons. The molecule has 1 fully saturated rings. The number of likely N-dealkylation sites (tertiary alicyclic amines) is 1. The highest BCUT2D eigenvalue weighted by molar-refractivity contribution is 5.95. The van der Waals surface area contributed by atoms with Crippen LogP contribution in [-0.4, -0.2) is 49.5 Å². The second-order valence-corrected chi connectivity index (χ2v) is 8.05. The van der Waals surface area contributed by atoms with Gasteiger partial charge in [0.25, 0.3) is 0 Å². The molecule has 0 radical (unpaired) electrons. The highest BCUT2D eigenvalue weighted by Gasteiger charge is 2.28. The minimum atomic E-state index is -0.0629. The summed E-state index contributed by atoms with van der Waals surface area (Å²) in [5, 5.41) is 11.9. The second-order valence-electron chi connectivity index (χ2n) is 8.05. The number of carbonyl (C=O) groups is 1. The van der Waals surface area contributed by atoms with Gasteiger partial charge >= 0.3 is 0 Å². The summed E-state index contributed by atoms with van der Waals surface area (Å²) in [5.74, 6) is 0.0904. The summed E-state index contributed by atoms with van der Waals surface area (Å²) in [4.78, 5) is 15.3. The van der Waals surface area contributed by atoms with Gasteiger partial charge in [0.1, 0.15) is 0 Å². The molecule has 0 spiro atoms. The Morgan fingerprint density at radius 2 is 2.00 bits per heavy atom. The number of benzene rings is 1. The van der Waals surface area contributed by atoms with Gasteiger partial charge in [-0.2, -0.15) is 10.2 Å². The molecule has 0 saturated carbocycles. The predicted molar refractivity (Wildman–Crippen MR) is 118 cm³/mol. The van der Waals surface area contributed by atoms with Crippen molar-refractivity contribution in [2.24, 2.45) is 0 Å². The molecule has 1 aliphatic heterocycles. The van der Waals surface area contributed by atoms with Crippen molar-refractivity contribution in [2.45, 2.75) is 52.1 Å². The van der Waals surface area contributed by atoms with E-state index < -0.39 is 0 Å². The predicted octanol–water partition coefficient (Wildman–Crippen LogP) is 3.57. The van der Waals surface area contributed by atoms with Gasteiger partial charge in [-0.3, -0.25) is 14.4 Å². The van der Waals surface area contributed by atoms with E-state index >= 15 is 0 Å². The van der Waals surface area contributed by atoms with Gasteiger partial charge in [0.2, 0.25) is 5.91 Å². The molecule has 1 atom stereocenters. The van der Waals surface area contributed by atoms with Crippen LogP contribution in [-0.2, 0) is 11.3 Å². The Bertz CT molecular complexity index is 960. The number of hydrogen-bond acceptors (Lipinski definition) is 4. The van der Waals surface area contributed by atoms with Crippen molar-refractivity contribution < 1.29 is 4.79 Å². The molecule has 1 aromatic carbocycles. The lowest BCUT2D eigenvalue weighted by atomic mass is 10.0. The maximum absolute atomic E-state index is 13.0. The van der Waals surface area contributed by atoms with Crippen LogP contribution in [0.5, 0.6) is 0 Å². The molecule has 1 aliphatic rings. The monoisotopic (exact) mass is 406 g/mol. The molecule has 1 N–H and O–H groups in total. The van der Waals surface area contributed by atoms with Gasteiger partial charge < -0.3 is 5.32 Å². The fourth-order valence-corrected chi connectivity index (χ4v) is 4.23. The number of amides is 1. The zero-order chi connectivity index (χ0) is 20.9. The molecule has 3 heterocycles. The lowest BCUT2D eigenvalue weighted by Crippen LogP contribution is -2.47. The van der Waals surface area contributed by atoms with Crippen molar-refractivity contribution in [1.82, 2.24) is 24.5 Å². The van der Waals surface area contributed by atoms with E-state index in [4.69, 9.17) is 0 Å². The number of nitrogens with zero attached hydrogens (tertiary/aromatic N) is 5. The van der Waals surface area contributed by atoms with Crippen molar-refractivity contribution >= 4 is 11.6 Å². The normalized spacial score (nSPS) is 17.2. The zero-order valence-corrected chi connectivity index (χ0v) is 17.8. The molecule has 0 aliphatic carbocycles. The van der Waals surface area contributed by atoms with Crippen LogP contribution in [0.2, 0.25) is 0 Å². The Labute approximate surface area is 177 Å². The van der Waals surface area contributed by atoms with Crippen molar-refractivity contribution in [3.8, 4) is 5.69 Å². The topological polar surface area (TPSA) is 68.0 Å². The first-order valence-corrected chi connectivity index (χ1v) is 10.8. The third-order valence-corrected chi connectivity index (χ3v) is 5.70. The Kier molecular flexibility index (Phi) is 6.28.